The van der Waals surface area contributed by atoms with E-state index in [9.17, 15) is 9.90 Å². The molecule has 2 N–H and O–H groups in total. The lowest BCUT2D eigenvalue weighted by atomic mass is 10.0. The van der Waals surface area contributed by atoms with Crippen LogP contribution in [0.25, 0.3) is 0 Å². The van der Waals surface area contributed by atoms with Crippen molar-refractivity contribution < 1.29 is 14.6 Å². The van der Waals surface area contributed by atoms with Gasteiger partial charge in [0.2, 0.25) is 5.91 Å². The normalized spacial score (nSPS) is 13.9. The van der Waals surface area contributed by atoms with E-state index in [4.69, 9.17) is 4.74 Å². The van der Waals surface area contributed by atoms with Crippen molar-refractivity contribution in [2.75, 3.05) is 13.2 Å². The summed E-state index contributed by atoms with van der Waals surface area (Å²) in [7, 11) is 0. The lowest BCUT2D eigenvalue weighted by molar-refractivity contribution is -0.132. The van der Waals surface area contributed by atoms with Crippen molar-refractivity contribution in [3.8, 4) is 0 Å². The Morgan fingerprint density at radius 1 is 1.27 bits per heavy atom. The number of amides is 1. The van der Waals surface area contributed by atoms with Crippen molar-refractivity contribution in [2.24, 2.45) is 5.92 Å². The van der Waals surface area contributed by atoms with Crippen LogP contribution in [0.4, 0.5) is 0 Å². The van der Waals surface area contributed by atoms with Crippen LogP contribution in [0, 0.1) is 5.92 Å². The molecule has 0 radical (unpaired) electrons. The zero-order valence-corrected chi connectivity index (χ0v) is 15.1. The highest BCUT2D eigenvalue weighted by molar-refractivity contribution is 9.10. The van der Waals surface area contributed by atoms with Gasteiger partial charge < -0.3 is 15.2 Å². The minimum atomic E-state index is -0.498. The summed E-state index contributed by atoms with van der Waals surface area (Å²) in [6.07, 6.45) is 0.900. The van der Waals surface area contributed by atoms with Crippen LogP contribution in [-0.2, 0) is 9.53 Å². The molecule has 0 fully saturated rings. The average molecular weight is 372 g/mol. The van der Waals surface area contributed by atoms with Crippen LogP contribution in [-0.4, -0.2) is 30.3 Å². The molecule has 4 nitrogen and oxygen atoms in total. The molecule has 0 aliphatic rings. The van der Waals surface area contributed by atoms with Crippen LogP contribution < -0.4 is 5.32 Å². The number of aliphatic hydroxyl groups excluding tert-OH is 1. The molecule has 1 amide bonds. The Morgan fingerprint density at radius 3 is 2.55 bits per heavy atom. The number of halogens is 1. The summed E-state index contributed by atoms with van der Waals surface area (Å²) in [5, 5.41) is 12.2. The third-order valence-corrected chi connectivity index (χ3v) is 4.17. The van der Waals surface area contributed by atoms with Crippen LogP contribution in [0.3, 0.4) is 0 Å². The first kappa shape index (κ1) is 19.1. The maximum absolute atomic E-state index is 12.3. The summed E-state index contributed by atoms with van der Waals surface area (Å²) in [6, 6.07) is 7.47. The first-order valence-corrected chi connectivity index (χ1v) is 8.52. The van der Waals surface area contributed by atoms with E-state index in [0.29, 0.717) is 18.9 Å². The van der Waals surface area contributed by atoms with Gasteiger partial charge in [0.05, 0.1) is 6.04 Å². The number of aliphatic hydroxyl groups is 1. The molecule has 1 aromatic carbocycles. The van der Waals surface area contributed by atoms with Gasteiger partial charge in [0.25, 0.3) is 0 Å². The lowest BCUT2D eigenvalue weighted by Gasteiger charge is -2.22. The second kappa shape index (κ2) is 9.98. The third-order valence-electron chi connectivity index (χ3n) is 3.45. The molecule has 0 aliphatic carbocycles. The minimum Gasteiger partial charge on any atom is -0.396 e. The van der Waals surface area contributed by atoms with Crippen molar-refractivity contribution in [2.45, 2.75) is 45.8 Å². The van der Waals surface area contributed by atoms with E-state index in [-0.39, 0.29) is 18.6 Å². The van der Waals surface area contributed by atoms with E-state index in [1.54, 1.807) is 6.92 Å². The van der Waals surface area contributed by atoms with Gasteiger partial charge in [-0.1, -0.05) is 48.0 Å². The van der Waals surface area contributed by atoms with Crippen molar-refractivity contribution in [1.82, 2.24) is 5.32 Å². The fraction of sp³-hybridized carbons (Fsp3) is 0.588. The first-order valence-electron chi connectivity index (χ1n) is 7.73. The van der Waals surface area contributed by atoms with Crippen molar-refractivity contribution in [3.63, 3.8) is 0 Å². The first-order chi connectivity index (χ1) is 10.5. The molecule has 0 aliphatic heterocycles. The molecule has 0 saturated carbocycles. The summed E-state index contributed by atoms with van der Waals surface area (Å²) in [5.74, 6) is 0.399. The van der Waals surface area contributed by atoms with Crippen LogP contribution in [0.15, 0.2) is 28.7 Å². The lowest BCUT2D eigenvalue weighted by Crippen LogP contribution is -2.37. The van der Waals surface area contributed by atoms with E-state index in [0.717, 1.165) is 16.5 Å². The van der Waals surface area contributed by atoms with Gasteiger partial charge in [-0.15, -0.1) is 0 Å². The van der Waals surface area contributed by atoms with Crippen LogP contribution in [0.2, 0.25) is 0 Å². The number of rotatable bonds is 9. The zero-order chi connectivity index (χ0) is 16.5. The summed E-state index contributed by atoms with van der Waals surface area (Å²) < 4.78 is 6.49. The molecule has 2 unspecified atom stereocenters. The van der Waals surface area contributed by atoms with E-state index in [2.05, 4.69) is 35.1 Å². The van der Waals surface area contributed by atoms with Crippen LogP contribution in [0.1, 0.15) is 45.2 Å². The van der Waals surface area contributed by atoms with Crippen molar-refractivity contribution >= 4 is 21.8 Å². The third kappa shape index (κ3) is 6.46. The van der Waals surface area contributed by atoms with Gasteiger partial charge in [-0.2, -0.15) is 0 Å². The van der Waals surface area contributed by atoms with E-state index < -0.39 is 6.10 Å². The Morgan fingerprint density at radius 2 is 1.95 bits per heavy atom. The minimum absolute atomic E-state index is 0.00880. The van der Waals surface area contributed by atoms with Gasteiger partial charge in [0.1, 0.15) is 6.10 Å². The number of carbonyl (C=O) groups is 1. The molecular formula is C17H26BrNO3. The van der Waals surface area contributed by atoms with Gasteiger partial charge in [-0.3, -0.25) is 4.79 Å². The number of hydrogen-bond donors (Lipinski definition) is 2. The standard InChI is InChI=1S/C17H26BrNO3/c1-12(2)9-11-22-13(3)17(21)19-16(8-10-20)14-6-4-5-7-15(14)18/h4-7,12-13,16,20H,8-11H2,1-3H3,(H,19,21). The number of hydrogen-bond acceptors (Lipinski definition) is 3. The molecule has 0 spiro atoms. The molecule has 124 valence electrons. The van der Waals surface area contributed by atoms with Gasteiger partial charge in [0.15, 0.2) is 0 Å². The predicted molar refractivity (Wildman–Crippen MR) is 91.6 cm³/mol. The fourth-order valence-corrected chi connectivity index (χ4v) is 2.60. The Labute approximate surface area is 141 Å². The molecule has 22 heavy (non-hydrogen) atoms. The van der Waals surface area contributed by atoms with E-state index >= 15 is 0 Å². The molecule has 0 bridgehead atoms. The average Bonchev–Trinajstić information content (AvgIpc) is 2.46. The summed E-state index contributed by atoms with van der Waals surface area (Å²) in [6.45, 7) is 6.59. The Bertz CT molecular complexity index is 465. The van der Waals surface area contributed by atoms with Crippen LogP contribution in [0.5, 0.6) is 0 Å². The van der Waals surface area contributed by atoms with Crippen molar-refractivity contribution in [1.29, 1.82) is 0 Å². The summed E-state index contributed by atoms with van der Waals surface area (Å²) >= 11 is 3.49. The van der Waals surface area contributed by atoms with Gasteiger partial charge in [-0.25, -0.2) is 0 Å². The maximum Gasteiger partial charge on any atom is 0.249 e. The predicted octanol–water partition coefficient (Wildman–Crippen LogP) is 3.44. The molecular weight excluding hydrogens is 346 g/mol. The Kier molecular flexibility index (Phi) is 8.68. The number of ether oxygens (including phenoxy) is 1. The summed E-state index contributed by atoms with van der Waals surface area (Å²) in [4.78, 5) is 12.3. The number of nitrogens with one attached hydrogen (secondary N) is 1. The Hall–Kier alpha value is -0.910. The smallest absolute Gasteiger partial charge is 0.249 e. The molecule has 5 heteroatoms. The van der Waals surface area contributed by atoms with Gasteiger partial charge in [-0.05, 0) is 37.3 Å². The fourth-order valence-electron chi connectivity index (χ4n) is 2.04. The summed E-state index contributed by atoms with van der Waals surface area (Å²) in [5.41, 5.74) is 0.958. The quantitative estimate of drug-likeness (QED) is 0.698. The van der Waals surface area contributed by atoms with E-state index in [1.165, 1.54) is 0 Å². The molecule has 0 saturated heterocycles. The van der Waals surface area contributed by atoms with Crippen molar-refractivity contribution in [3.05, 3.63) is 34.3 Å². The molecule has 2 atom stereocenters. The monoisotopic (exact) mass is 371 g/mol. The molecule has 0 heterocycles. The largest absolute Gasteiger partial charge is 0.396 e. The molecule has 0 aromatic heterocycles. The van der Waals surface area contributed by atoms with E-state index in [1.807, 2.05) is 24.3 Å². The van der Waals surface area contributed by atoms with Crippen LogP contribution >= 0.6 is 15.9 Å². The highest BCUT2D eigenvalue weighted by Gasteiger charge is 2.20. The maximum atomic E-state index is 12.3. The SMILES string of the molecule is CC(C)CCOC(C)C(=O)NC(CCO)c1ccccc1Br. The van der Waals surface area contributed by atoms with Gasteiger partial charge in [0, 0.05) is 17.7 Å². The number of carbonyl (C=O) groups excluding carboxylic acids is 1. The second-order valence-corrected chi connectivity index (χ2v) is 6.64. The Balaban J connectivity index is 2.63. The highest BCUT2D eigenvalue weighted by atomic mass is 79.9. The topological polar surface area (TPSA) is 58.6 Å². The second-order valence-electron chi connectivity index (χ2n) is 5.79. The zero-order valence-electron chi connectivity index (χ0n) is 13.5. The molecule has 1 aromatic rings. The molecule has 1 rings (SSSR count). The number of benzene rings is 1. The van der Waals surface area contributed by atoms with Gasteiger partial charge >= 0.3 is 0 Å². The highest BCUT2D eigenvalue weighted by Crippen LogP contribution is 2.25.